The van der Waals surface area contributed by atoms with Crippen molar-refractivity contribution in [3.63, 3.8) is 0 Å². The minimum atomic E-state index is -3.56. The van der Waals surface area contributed by atoms with Gasteiger partial charge in [-0.1, -0.05) is 19.9 Å². The predicted octanol–water partition coefficient (Wildman–Crippen LogP) is 3.48. The Hall–Kier alpha value is -2.58. The number of aryl methyl sites for hydroxylation is 1. The fourth-order valence-corrected chi connectivity index (χ4v) is 5.41. The lowest BCUT2D eigenvalue weighted by molar-refractivity contribution is -0.124. The molecule has 1 fully saturated rings. The monoisotopic (exact) mass is 460 g/mol. The summed E-state index contributed by atoms with van der Waals surface area (Å²) >= 11 is 0. The van der Waals surface area contributed by atoms with E-state index in [-0.39, 0.29) is 23.5 Å². The van der Waals surface area contributed by atoms with Crippen LogP contribution >= 0.6 is 0 Å². The number of benzene rings is 2. The number of amides is 1. The third-order valence-electron chi connectivity index (χ3n) is 5.75. The molecule has 1 saturated heterocycles. The van der Waals surface area contributed by atoms with Crippen molar-refractivity contribution in [2.24, 2.45) is 0 Å². The highest BCUT2D eigenvalue weighted by Crippen LogP contribution is 2.24. The Morgan fingerprint density at radius 2 is 1.72 bits per heavy atom. The van der Waals surface area contributed by atoms with Crippen LogP contribution in [0.2, 0.25) is 0 Å². The Morgan fingerprint density at radius 1 is 1.09 bits per heavy atom. The number of methoxy groups -OCH3 is 1. The van der Waals surface area contributed by atoms with E-state index in [0.29, 0.717) is 43.3 Å². The molecule has 32 heavy (non-hydrogen) atoms. The summed E-state index contributed by atoms with van der Waals surface area (Å²) in [5.74, 6) is 1.51. The first kappa shape index (κ1) is 24.1. The largest absolute Gasteiger partial charge is 0.497 e. The van der Waals surface area contributed by atoms with Crippen LogP contribution in [-0.2, 0) is 14.8 Å². The Kier molecular flexibility index (Phi) is 7.79. The molecule has 0 spiro atoms. The normalized spacial score (nSPS) is 15.5. The smallest absolute Gasteiger partial charge is 0.258 e. The highest BCUT2D eigenvalue weighted by atomic mass is 32.2. The molecule has 0 aliphatic carbocycles. The average molecular weight is 461 g/mol. The van der Waals surface area contributed by atoms with Gasteiger partial charge >= 0.3 is 0 Å². The number of carbonyl (C=O) groups is 1. The SMILES string of the molecule is COc1ccc(S(=O)(=O)N2CCC(NC(=O)COc3ccc(C(C)C)c(C)c3)CC2)cc1. The lowest BCUT2D eigenvalue weighted by Gasteiger charge is -2.31. The van der Waals surface area contributed by atoms with Crippen molar-refractivity contribution in [2.45, 2.75) is 50.5 Å². The number of nitrogens with zero attached hydrogens (tertiary/aromatic N) is 1. The third kappa shape index (κ3) is 5.81. The molecule has 7 nitrogen and oxygen atoms in total. The number of ether oxygens (including phenoxy) is 2. The van der Waals surface area contributed by atoms with Crippen LogP contribution in [0.3, 0.4) is 0 Å². The molecular weight excluding hydrogens is 428 g/mol. The van der Waals surface area contributed by atoms with Gasteiger partial charge in [-0.25, -0.2) is 8.42 Å². The number of rotatable bonds is 8. The number of piperidine rings is 1. The summed E-state index contributed by atoms with van der Waals surface area (Å²) in [6, 6.07) is 12.2. The number of carbonyl (C=O) groups excluding carboxylic acids is 1. The van der Waals surface area contributed by atoms with Crippen LogP contribution in [0.4, 0.5) is 0 Å². The Morgan fingerprint density at radius 3 is 2.28 bits per heavy atom. The number of hydrogen-bond donors (Lipinski definition) is 1. The number of sulfonamides is 1. The van der Waals surface area contributed by atoms with Crippen LogP contribution in [0, 0.1) is 6.92 Å². The van der Waals surface area contributed by atoms with Gasteiger partial charge in [-0.3, -0.25) is 4.79 Å². The Labute approximate surface area is 190 Å². The van der Waals surface area contributed by atoms with Gasteiger partial charge in [-0.15, -0.1) is 0 Å². The molecule has 0 saturated carbocycles. The molecule has 0 aromatic heterocycles. The van der Waals surface area contributed by atoms with Gasteiger partial charge in [0.05, 0.1) is 12.0 Å². The molecule has 3 rings (SSSR count). The average Bonchev–Trinajstić information content (AvgIpc) is 2.78. The van der Waals surface area contributed by atoms with E-state index < -0.39 is 10.0 Å². The van der Waals surface area contributed by atoms with Crippen LogP contribution < -0.4 is 14.8 Å². The van der Waals surface area contributed by atoms with E-state index >= 15 is 0 Å². The third-order valence-corrected chi connectivity index (χ3v) is 7.66. The van der Waals surface area contributed by atoms with Crippen LogP contribution in [0.25, 0.3) is 0 Å². The fourth-order valence-electron chi connectivity index (χ4n) is 3.94. The second kappa shape index (κ2) is 10.4. The maximum atomic E-state index is 12.8. The van der Waals surface area contributed by atoms with Crippen molar-refractivity contribution in [1.29, 1.82) is 0 Å². The first-order chi connectivity index (χ1) is 15.2. The molecule has 2 aromatic rings. The van der Waals surface area contributed by atoms with Crippen molar-refractivity contribution in [1.82, 2.24) is 9.62 Å². The van der Waals surface area contributed by atoms with Crippen LogP contribution in [0.5, 0.6) is 11.5 Å². The van der Waals surface area contributed by atoms with Gasteiger partial charge in [0, 0.05) is 19.1 Å². The van der Waals surface area contributed by atoms with Crippen molar-refractivity contribution in [2.75, 3.05) is 26.8 Å². The van der Waals surface area contributed by atoms with Gasteiger partial charge < -0.3 is 14.8 Å². The summed E-state index contributed by atoms with van der Waals surface area (Å²) in [6.07, 6.45) is 1.12. The van der Waals surface area contributed by atoms with E-state index in [1.807, 2.05) is 25.1 Å². The highest BCUT2D eigenvalue weighted by molar-refractivity contribution is 7.89. The molecule has 1 amide bonds. The van der Waals surface area contributed by atoms with Crippen molar-refractivity contribution in [3.8, 4) is 11.5 Å². The van der Waals surface area contributed by atoms with Gasteiger partial charge in [0.15, 0.2) is 6.61 Å². The van der Waals surface area contributed by atoms with Gasteiger partial charge in [-0.05, 0) is 73.2 Å². The van der Waals surface area contributed by atoms with E-state index in [1.54, 1.807) is 24.3 Å². The molecular formula is C24H32N2O5S. The molecule has 2 aromatic carbocycles. The number of hydrogen-bond acceptors (Lipinski definition) is 5. The van der Waals surface area contributed by atoms with Crippen LogP contribution in [0.1, 0.15) is 43.7 Å². The zero-order valence-corrected chi connectivity index (χ0v) is 19.9. The quantitative estimate of drug-likeness (QED) is 0.652. The lowest BCUT2D eigenvalue weighted by atomic mass is 9.98. The first-order valence-corrected chi connectivity index (χ1v) is 12.3. The summed E-state index contributed by atoms with van der Waals surface area (Å²) in [6.45, 7) is 6.97. The van der Waals surface area contributed by atoms with Gasteiger partial charge in [-0.2, -0.15) is 4.31 Å². The van der Waals surface area contributed by atoms with Crippen molar-refractivity contribution < 1.29 is 22.7 Å². The predicted molar refractivity (Wildman–Crippen MR) is 124 cm³/mol. The summed E-state index contributed by atoms with van der Waals surface area (Å²) < 4.78 is 37.9. The minimum Gasteiger partial charge on any atom is -0.497 e. The zero-order chi connectivity index (χ0) is 23.3. The summed E-state index contributed by atoms with van der Waals surface area (Å²) in [7, 11) is -2.02. The minimum absolute atomic E-state index is 0.0647. The summed E-state index contributed by atoms with van der Waals surface area (Å²) in [5.41, 5.74) is 2.40. The van der Waals surface area contributed by atoms with Crippen molar-refractivity contribution in [3.05, 3.63) is 53.6 Å². The molecule has 0 atom stereocenters. The maximum Gasteiger partial charge on any atom is 0.258 e. The van der Waals surface area contributed by atoms with E-state index in [2.05, 4.69) is 19.2 Å². The van der Waals surface area contributed by atoms with Gasteiger partial charge in [0.2, 0.25) is 10.0 Å². The van der Waals surface area contributed by atoms with Crippen LogP contribution in [0.15, 0.2) is 47.4 Å². The Balaban J connectivity index is 1.48. The molecule has 8 heteroatoms. The molecule has 0 radical (unpaired) electrons. The van der Waals surface area contributed by atoms with Crippen molar-refractivity contribution >= 4 is 15.9 Å². The van der Waals surface area contributed by atoms with E-state index in [9.17, 15) is 13.2 Å². The van der Waals surface area contributed by atoms with E-state index in [0.717, 1.165) is 5.56 Å². The van der Waals surface area contributed by atoms with Crippen LogP contribution in [-0.4, -0.2) is 51.5 Å². The fraction of sp³-hybridized carbons (Fsp3) is 0.458. The molecule has 1 heterocycles. The summed E-state index contributed by atoms with van der Waals surface area (Å²) in [4.78, 5) is 12.6. The summed E-state index contributed by atoms with van der Waals surface area (Å²) in [5, 5.41) is 2.96. The molecule has 1 aliphatic rings. The zero-order valence-electron chi connectivity index (χ0n) is 19.1. The lowest BCUT2D eigenvalue weighted by Crippen LogP contribution is -2.47. The Bertz CT molecular complexity index is 1030. The van der Waals surface area contributed by atoms with E-state index in [4.69, 9.17) is 9.47 Å². The second-order valence-corrected chi connectivity index (χ2v) is 10.3. The molecule has 0 bridgehead atoms. The first-order valence-electron chi connectivity index (χ1n) is 10.9. The molecule has 0 unspecified atom stereocenters. The molecule has 174 valence electrons. The molecule has 1 N–H and O–H groups in total. The highest BCUT2D eigenvalue weighted by Gasteiger charge is 2.30. The maximum absolute atomic E-state index is 12.8. The molecule has 1 aliphatic heterocycles. The van der Waals surface area contributed by atoms with E-state index in [1.165, 1.54) is 17.0 Å². The second-order valence-electron chi connectivity index (χ2n) is 8.38. The van der Waals surface area contributed by atoms with Gasteiger partial charge in [0.25, 0.3) is 5.91 Å². The topological polar surface area (TPSA) is 84.9 Å². The number of nitrogens with one attached hydrogen (secondary N) is 1. The van der Waals surface area contributed by atoms with Gasteiger partial charge in [0.1, 0.15) is 11.5 Å². The standard InChI is InChI=1S/C24H32N2O5S/c1-17(2)23-10-7-21(15-18(23)3)31-16-24(27)25-19-11-13-26(14-12-19)32(28,29)22-8-5-20(30-4)6-9-22/h5-10,15,17,19H,11-14,16H2,1-4H3,(H,25,27).